The zero-order valence-corrected chi connectivity index (χ0v) is 14.1. The topological polar surface area (TPSA) is 12.9 Å². The molecule has 1 aromatic heterocycles. The Balaban J connectivity index is 0.00000147. The van der Waals surface area contributed by atoms with E-state index in [4.69, 9.17) is 11.6 Å². The van der Waals surface area contributed by atoms with E-state index in [2.05, 4.69) is 29.2 Å². The fourth-order valence-electron chi connectivity index (χ4n) is 2.02. The summed E-state index contributed by atoms with van der Waals surface area (Å²) in [6.07, 6.45) is 0. The third kappa shape index (κ3) is 3.11. The number of aryl methyl sites for hydroxylation is 1. The van der Waals surface area contributed by atoms with E-state index < -0.39 is 0 Å². The van der Waals surface area contributed by atoms with Gasteiger partial charge < -0.3 is 0 Å². The average Bonchev–Trinajstić information content (AvgIpc) is 2.83. The maximum Gasteiger partial charge on any atom is 0.0908 e. The van der Waals surface area contributed by atoms with Gasteiger partial charge in [-0.05, 0) is 24.6 Å². The van der Waals surface area contributed by atoms with Crippen LogP contribution in [0.4, 0.5) is 0 Å². The molecule has 0 amide bonds. The number of nitrogens with zero attached hydrogens (tertiary/aromatic N) is 1. The van der Waals surface area contributed by atoms with Crippen molar-refractivity contribution in [1.82, 2.24) is 4.98 Å². The zero-order valence-electron chi connectivity index (χ0n) is 10.8. The second-order valence-corrected chi connectivity index (χ2v) is 5.92. The summed E-state index contributed by atoms with van der Waals surface area (Å²) in [5.41, 5.74) is 3.34. The number of benzene rings is 2. The molecule has 0 N–H and O–H groups in total. The van der Waals surface area contributed by atoms with Crippen LogP contribution in [0.15, 0.2) is 54.6 Å². The van der Waals surface area contributed by atoms with Gasteiger partial charge in [0, 0.05) is 10.6 Å². The number of hydrogen-bond donors (Lipinski definition) is 0. The van der Waals surface area contributed by atoms with E-state index in [9.17, 15) is 0 Å². The largest absolute Gasteiger partial charge is 0.241 e. The summed E-state index contributed by atoms with van der Waals surface area (Å²) in [7, 11) is 0. The molecule has 0 aliphatic carbocycles. The Morgan fingerprint density at radius 1 is 0.900 bits per heavy atom. The molecule has 3 aromatic rings. The molecule has 0 saturated heterocycles. The Bertz CT molecular complexity index is 692. The maximum atomic E-state index is 5.94. The molecular formula is C16H13BrClNS. The maximum absolute atomic E-state index is 5.94. The quantitative estimate of drug-likeness (QED) is 0.540. The van der Waals surface area contributed by atoms with Crippen LogP contribution in [0.1, 0.15) is 5.01 Å². The normalized spacial score (nSPS) is 10.1. The van der Waals surface area contributed by atoms with Crippen LogP contribution in [-0.2, 0) is 0 Å². The van der Waals surface area contributed by atoms with Gasteiger partial charge >= 0.3 is 0 Å². The Morgan fingerprint density at radius 3 is 2.20 bits per heavy atom. The monoisotopic (exact) mass is 365 g/mol. The van der Waals surface area contributed by atoms with Crippen molar-refractivity contribution < 1.29 is 0 Å². The lowest BCUT2D eigenvalue weighted by Gasteiger charge is -2.02. The van der Waals surface area contributed by atoms with Gasteiger partial charge in [0.15, 0.2) is 0 Å². The molecule has 20 heavy (non-hydrogen) atoms. The summed E-state index contributed by atoms with van der Waals surface area (Å²) in [4.78, 5) is 5.87. The molecule has 0 aliphatic rings. The van der Waals surface area contributed by atoms with Gasteiger partial charge in [-0.1, -0.05) is 54.1 Å². The number of aromatic nitrogens is 1. The highest BCUT2D eigenvalue weighted by Crippen LogP contribution is 2.36. The second-order valence-electron chi connectivity index (χ2n) is 4.28. The van der Waals surface area contributed by atoms with Gasteiger partial charge in [0.2, 0.25) is 0 Å². The van der Waals surface area contributed by atoms with Gasteiger partial charge in [0.25, 0.3) is 0 Å². The summed E-state index contributed by atoms with van der Waals surface area (Å²) in [5, 5.41) is 1.82. The van der Waals surface area contributed by atoms with Gasteiger partial charge in [-0.15, -0.1) is 28.3 Å². The van der Waals surface area contributed by atoms with Gasteiger partial charge in [-0.25, -0.2) is 4.98 Å². The van der Waals surface area contributed by atoms with E-state index >= 15 is 0 Å². The number of rotatable bonds is 2. The smallest absolute Gasteiger partial charge is 0.0908 e. The molecule has 1 nitrogen and oxygen atoms in total. The number of halogens is 2. The SMILES string of the molecule is Br.Cc1nc(-c2ccc(Cl)cc2)c(-c2ccccc2)s1. The molecule has 0 bridgehead atoms. The summed E-state index contributed by atoms with van der Waals surface area (Å²) in [6.45, 7) is 2.04. The molecule has 1 heterocycles. The molecule has 4 heteroatoms. The molecule has 0 atom stereocenters. The summed E-state index contributed by atoms with van der Waals surface area (Å²) in [6, 6.07) is 18.2. The van der Waals surface area contributed by atoms with Gasteiger partial charge in [-0.3, -0.25) is 0 Å². The first kappa shape index (κ1) is 15.2. The Morgan fingerprint density at radius 2 is 1.55 bits per heavy atom. The van der Waals surface area contributed by atoms with E-state index in [1.807, 2.05) is 37.3 Å². The Kier molecular flexibility index (Phi) is 4.97. The minimum Gasteiger partial charge on any atom is -0.241 e. The van der Waals surface area contributed by atoms with Crippen LogP contribution in [-0.4, -0.2) is 4.98 Å². The van der Waals surface area contributed by atoms with Crippen LogP contribution in [0.25, 0.3) is 21.7 Å². The first-order chi connectivity index (χ1) is 9.24. The molecule has 0 fully saturated rings. The van der Waals surface area contributed by atoms with Crippen molar-refractivity contribution in [2.45, 2.75) is 6.92 Å². The fraction of sp³-hybridized carbons (Fsp3) is 0.0625. The molecule has 2 aromatic carbocycles. The van der Waals surface area contributed by atoms with Crippen LogP contribution in [0.3, 0.4) is 0 Å². The first-order valence-corrected chi connectivity index (χ1v) is 7.22. The number of hydrogen-bond acceptors (Lipinski definition) is 2. The standard InChI is InChI=1S/C16H12ClNS.BrH/c1-11-18-15(12-7-9-14(17)10-8-12)16(19-11)13-5-3-2-4-6-13;/h2-10H,1H3;1H. The van der Waals surface area contributed by atoms with Crippen molar-refractivity contribution >= 4 is 39.9 Å². The van der Waals surface area contributed by atoms with Crippen LogP contribution >= 0.6 is 39.9 Å². The lowest BCUT2D eigenvalue weighted by Crippen LogP contribution is -1.82. The van der Waals surface area contributed by atoms with Crippen molar-refractivity contribution in [3.8, 4) is 21.7 Å². The zero-order chi connectivity index (χ0) is 13.2. The van der Waals surface area contributed by atoms with E-state index in [0.29, 0.717) is 0 Å². The predicted octanol–water partition coefficient (Wildman–Crippen LogP) is 6.02. The van der Waals surface area contributed by atoms with Crippen LogP contribution in [0, 0.1) is 6.92 Å². The highest BCUT2D eigenvalue weighted by Gasteiger charge is 2.12. The molecule has 0 spiro atoms. The molecule has 0 saturated carbocycles. The Hall–Kier alpha value is -1.16. The molecule has 3 rings (SSSR count). The van der Waals surface area contributed by atoms with E-state index in [0.717, 1.165) is 21.3 Å². The van der Waals surface area contributed by atoms with Crippen molar-refractivity contribution in [2.75, 3.05) is 0 Å². The van der Waals surface area contributed by atoms with Gasteiger partial charge in [0.05, 0.1) is 15.6 Å². The molecule has 102 valence electrons. The highest BCUT2D eigenvalue weighted by atomic mass is 79.9. The predicted molar refractivity (Wildman–Crippen MR) is 93.1 cm³/mol. The van der Waals surface area contributed by atoms with Crippen molar-refractivity contribution in [3.63, 3.8) is 0 Å². The van der Waals surface area contributed by atoms with Crippen LogP contribution in [0.2, 0.25) is 5.02 Å². The summed E-state index contributed by atoms with van der Waals surface area (Å²) in [5.74, 6) is 0. The fourth-order valence-corrected chi connectivity index (χ4v) is 3.09. The third-order valence-corrected chi connectivity index (χ3v) is 4.16. The third-order valence-electron chi connectivity index (χ3n) is 2.89. The Labute approximate surface area is 138 Å². The minimum atomic E-state index is 0. The minimum absolute atomic E-state index is 0. The first-order valence-electron chi connectivity index (χ1n) is 6.03. The highest BCUT2D eigenvalue weighted by molar-refractivity contribution is 8.93. The summed E-state index contributed by atoms with van der Waals surface area (Å²) < 4.78 is 0. The lowest BCUT2D eigenvalue weighted by atomic mass is 10.1. The number of thiazole rings is 1. The van der Waals surface area contributed by atoms with Crippen molar-refractivity contribution in [1.29, 1.82) is 0 Å². The van der Waals surface area contributed by atoms with Crippen LogP contribution in [0.5, 0.6) is 0 Å². The van der Waals surface area contributed by atoms with Gasteiger partial charge in [-0.2, -0.15) is 0 Å². The van der Waals surface area contributed by atoms with Crippen LogP contribution < -0.4 is 0 Å². The molecular weight excluding hydrogens is 354 g/mol. The molecule has 0 aliphatic heterocycles. The molecule has 0 unspecified atom stereocenters. The van der Waals surface area contributed by atoms with Gasteiger partial charge in [0.1, 0.15) is 0 Å². The second kappa shape index (κ2) is 6.53. The lowest BCUT2D eigenvalue weighted by molar-refractivity contribution is 1.30. The van der Waals surface area contributed by atoms with E-state index in [1.165, 1.54) is 10.4 Å². The van der Waals surface area contributed by atoms with Crippen molar-refractivity contribution in [2.24, 2.45) is 0 Å². The van der Waals surface area contributed by atoms with E-state index in [1.54, 1.807) is 11.3 Å². The average molecular weight is 367 g/mol. The van der Waals surface area contributed by atoms with E-state index in [-0.39, 0.29) is 17.0 Å². The molecule has 0 radical (unpaired) electrons. The van der Waals surface area contributed by atoms with Crippen molar-refractivity contribution in [3.05, 3.63) is 64.6 Å². The summed E-state index contributed by atoms with van der Waals surface area (Å²) >= 11 is 7.67.